The van der Waals surface area contributed by atoms with E-state index in [1.54, 1.807) is 6.20 Å². The summed E-state index contributed by atoms with van der Waals surface area (Å²) in [6.45, 7) is 0. The number of rotatable bonds is 3. The molecule has 1 fully saturated rings. The zero-order valence-corrected chi connectivity index (χ0v) is 10.6. The Kier molecular flexibility index (Phi) is 3.50. The summed E-state index contributed by atoms with van der Waals surface area (Å²) >= 11 is 7.70. The first-order valence-electron chi connectivity index (χ1n) is 5.27. The van der Waals surface area contributed by atoms with Crippen LogP contribution in [0.1, 0.15) is 35.8 Å². The highest BCUT2D eigenvalue weighted by atomic mass is 35.5. The summed E-state index contributed by atoms with van der Waals surface area (Å²) in [5, 5.41) is 10.1. The van der Waals surface area contributed by atoms with Crippen LogP contribution >= 0.6 is 23.4 Å². The minimum atomic E-state index is -0.904. The van der Waals surface area contributed by atoms with Gasteiger partial charge in [0.05, 0.1) is 5.02 Å². The van der Waals surface area contributed by atoms with Crippen LogP contribution < -0.4 is 0 Å². The van der Waals surface area contributed by atoms with E-state index in [0.29, 0.717) is 16.0 Å². The Labute approximate surface area is 104 Å². The van der Waals surface area contributed by atoms with E-state index in [0.717, 1.165) is 19.3 Å². The predicted octanol–water partition coefficient (Wildman–Crippen LogP) is 3.30. The van der Waals surface area contributed by atoms with E-state index in [1.807, 2.05) is 16.3 Å². The van der Waals surface area contributed by atoms with Gasteiger partial charge in [-0.1, -0.05) is 18.0 Å². The maximum Gasteiger partial charge on any atom is 0.352 e. The molecule has 1 heterocycles. The molecular weight excluding hydrogens is 246 g/mol. The minimum Gasteiger partial charge on any atom is -0.477 e. The van der Waals surface area contributed by atoms with E-state index in [4.69, 9.17) is 16.7 Å². The van der Waals surface area contributed by atoms with Gasteiger partial charge in [0.15, 0.2) is 0 Å². The van der Waals surface area contributed by atoms with Crippen LogP contribution in [0, 0.1) is 0 Å². The number of halogens is 1. The Morgan fingerprint density at radius 2 is 2.38 bits per heavy atom. The van der Waals surface area contributed by atoms with Crippen molar-refractivity contribution in [1.82, 2.24) is 4.57 Å². The molecule has 2 unspecified atom stereocenters. The fourth-order valence-electron chi connectivity index (χ4n) is 2.39. The van der Waals surface area contributed by atoms with Crippen LogP contribution in [0.5, 0.6) is 0 Å². The molecule has 3 nitrogen and oxygen atoms in total. The van der Waals surface area contributed by atoms with Gasteiger partial charge in [0.25, 0.3) is 0 Å². The predicted molar refractivity (Wildman–Crippen MR) is 66.6 cm³/mol. The van der Waals surface area contributed by atoms with Crippen molar-refractivity contribution in [3.05, 3.63) is 23.0 Å². The van der Waals surface area contributed by atoms with E-state index in [9.17, 15) is 4.79 Å². The van der Waals surface area contributed by atoms with Crippen LogP contribution in [0.3, 0.4) is 0 Å². The lowest BCUT2D eigenvalue weighted by atomic mass is 10.2. The first kappa shape index (κ1) is 11.9. The van der Waals surface area contributed by atoms with E-state index < -0.39 is 5.97 Å². The minimum absolute atomic E-state index is 0.272. The normalized spacial score (nSPS) is 24.9. The molecular formula is C11H14ClNO2S. The number of nitrogens with zero attached hydrogens (tertiary/aromatic N) is 1. The van der Waals surface area contributed by atoms with Crippen molar-refractivity contribution in [2.24, 2.45) is 0 Å². The third kappa shape index (κ3) is 2.09. The zero-order valence-electron chi connectivity index (χ0n) is 9.02. The van der Waals surface area contributed by atoms with Gasteiger partial charge in [-0.05, 0) is 25.2 Å². The maximum atomic E-state index is 11.1. The Morgan fingerprint density at radius 1 is 1.62 bits per heavy atom. The van der Waals surface area contributed by atoms with Crippen LogP contribution in [0.4, 0.5) is 0 Å². The van der Waals surface area contributed by atoms with Crippen molar-refractivity contribution in [2.75, 3.05) is 6.26 Å². The van der Waals surface area contributed by atoms with E-state index in [1.165, 1.54) is 6.07 Å². The molecule has 88 valence electrons. The second-order valence-corrected chi connectivity index (χ2v) is 5.54. The van der Waals surface area contributed by atoms with Crippen molar-refractivity contribution >= 4 is 29.3 Å². The fourth-order valence-corrected chi connectivity index (χ4v) is 3.58. The molecule has 2 atom stereocenters. The summed E-state index contributed by atoms with van der Waals surface area (Å²) in [5.41, 5.74) is 0.302. The van der Waals surface area contributed by atoms with Crippen molar-refractivity contribution in [3.63, 3.8) is 0 Å². The number of carbonyl (C=O) groups is 1. The highest BCUT2D eigenvalue weighted by Gasteiger charge is 2.30. The molecule has 1 saturated carbocycles. The van der Waals surface area contributed by atoms with Gasteiger partial charge in [-0.15, -0.1) is 0 Å². The highest BCUT2D eigenvalue weighted by Crippen LogP contribution is 2.39. The van der Waals surface area contributed by atoms with Gasteiger partial charge in [0.1, 0.15) is 5.69 Å². The molecule has 1 aromatic rings. The van der Waals surface area contributed by atoms with Gasteiger partial charge in [-0.25, -0.2) is 4.79 Å². The standard InChI is InChI=1S/C11H14ClNO2S/c1-16-10-4-2-3-8(10)13-6-7(12)5-9(13)11(14)15/h5-6,8,10H,2-4H2,1H3,(H,14,15). The maximum absolute atomic E-state index is 11.1. The molecule has 1 aromatic heterocycles. The summed E-state index contributed by atoms with van der Waals surface area (Å²) in [4.78, 5) is 11.1. The first-order valence-corrected chi connectivity index (χ1v) is 6.93. The molecule has 0 bridgehead atoms. The smallest absolute Gasteiger partial charge is 0.352 e. The molecule has 2 rings (SSSR count). The van der Waals surface area contributed by atoms with Gasteiger partial charge in [0, 0.05) is 17.5 Å². The van der Waals surface area contributed by atoms with Gasteiger partial charge in [-0.2, -0.15) is 11.8 Å². The molecule has 0 aliphatic heterocycles. The van der Waals surface area contributed by atoms with Crippen LogP contribution in [-0.2, 0) is 0 Å². The third-order valence-corrected chi connectivity index (χ3v) is 4.47. The number of aromatic nitrogens is 1. The second-order valence-electron chi connectivity index (χ2n) is 4.03. The van der Waals surface area contributed by atoms with Crippen molar-refractivity contribution in [2.45, 2.75) is 30.6 Å². The molecule has 0 amide bonds. The average molecular weight is 260 g/mol. The Bertz CT molecular complexity index is 405. The number of hydrogen-bond donors (Lipinski definition) is 1. The quantitative estimate of drug-likeness (QED) is 0.906. The van der Waals surface area contributed by atoms with Crippen molar-refractivity contribution in [1.29, 1.82) is 0 Å². The summed E-state index contributed by atoms with van der Waals surface area (Å²) in [5.74, 6) is -0.904. The van der Waals surface area contributed by atoms with E-state index in [2.05, 4.69) is 6.26 Å². The highest BCUT2D eigenvalue weighted by molar-refractivity contribution is 7.99. The number of carboxylic acids is 1. The van der Waals surface area contributed by atoms with Crippen LogP contribution in [0.15, 0.2) is 12.3 Å². The second kappa shape index (κ2) is 4.72. The lowest BCUT2D eigenvalue weighted by Gasteiger charge is -2.20. The molecule has 0 spiro atoms. The topological polar surface area (TPSA) is 42.2 Å². The average Bonchev–Trinajstić information content (AvgIpc) is 2.82. The first-order chi connectivity index (χ1) is 7.63. The molecule has 16 heavy (non-hydrogen) atoms. The third-order valence-electron chi connectivity index (χ3n) is 3.11. The van der Waals surface area contributed by atoms with E-state index in [-0.39, 0.29) is 6.04 Å². The Balaban J connectivity index is 2.35. The van der Waals surface area contributed by atoms with Gasteiger partial charge < -0.3 is 9.67 Å². The SMILES string of the molecule is CSC1CCCC1n1cc(Cl)cc1C(=O)O. The molecule has 1 aliphatic carbocycles. The largest absolute Gasteiger partial charge is 0.477 e. The van der Waals surface area contributed by atoms with Crippen molar-refractivity contribution in [3.8, 4) is 0 Å². The molecule has 5 heteroatoms. The van der Waals surface area contributed by atoms with Gasteiger partial charge in [0.2, 0.25) is 0 Å². The summed E-state index contributed by atoms with van der Waals surface area (Å²) in [6.07, 6.45) is 7.17. The van der Waals surface area contributed by atoms with Crippen LogP contribution in [0.2, 0.25) is 5.02 Å². The number of carboxylic acid groups (broad SMARTS) is 1. The van der Waals surface area contributed by atoms with Crippen LogP contribution in [0.25, 0.3) is 0 Å². The van der Waals surface area contributed by atoms with Gasteiger partial charge in [-0.3, -0.25) is 0 Å². The monoisotopic (exact) mass is 259 g/mol. The molecule has 1 aliphatic rings. The zero-order chi connectivity index (χ0) is 11.7. The summed E-state index contributed by atoms with van der Waals surface area (Å²) in [7, 11) is 0. The molecule has 1 N–H and O–H groups in total. The summed E-state index contributed by atoms with van der Waals surface area (Å²) in [6, 6.07) is 1.80. The molecule has 0 radical (unpaired) electrons. The Morgan fingerprint density at radius 3 is 3.00 bits per heavy atom. The molecule has 0 aromatic carbocycles. The summed E-state index contributed by atoms with van der Waals surface area (Å²) < 4.78 is 1.83. The van der Waals surface area contributed by atoms with E-state index >= 15 is 0 Å². The number of aromatic carboxylic acids is 1. The number of hydrogen-bond acceptors (Lipinski definition) is 2. The van der Waals surface area contributed by atoms with Crippen LogP contribution in [-0.4, -0.2) is 27.1 Å². The lowest BCUT2D eigenvalue weighted by molar-refractivity contribution is 0.0683. The van der Waals surface area contributed by atoms with Gasteiger partial charge >= 0.3 is 5.97 Å². The molecule has 0 saturated heterocycles. The Hall–Kier alpha value is -0.610. The number of thioether (sulfide) groups is 1. The fraction of sp³-hybridized carbons (Fsp3) is 0.545. The lowest BCUT2D eigenvalue weighted by Crippen LogP contribution is -2.19. The van der Waals surface area contributed by atoms with Crippen molar-refractivity contribution < 1.29 is 9.90 Å².